The van der Waals surface area contributed by atoms with Crippen LogP contribution in [0.1, 0.15) is 18.7 Å². The number of nitrogens with zero attached hydrogens (tertiary/aromatic N) is 4. The van der Waals surface area contributed by atoms with Crippen LogP contribution in [-0.2, 0) is 22.7 Å². The van der Waals surface area contributed by atoms with Crippen LogP contribution in [0.4, 0.5) is 10.2 Å². The number of rotatable bonds is 6. The number of ether oxygens (including phenoxy) is 1. The van der Waals surface area contributed by atoms with E-state index in [-0.39, 0.29) is 17.2 Å². The van der Waals surface area contributed by atoms with Crippen molar-refractivity contribution in [3.8, 4) is 0 Å². The molecule has 0 bridgehead atoms. The summed E-state index contributed by atoms with van der Waals surface area (Å²) in [5, 5.41) is 14.1. The fourth-order valence-electron chi connectivity index (χ4n) is 2.75. The quantitative estimate of drug-likeness (QED) is 0.355. The van der Waals surface area contributed by atoms with Crippen LogP contribution < -0.4 is 5.73 Å². The van der Waals surface area contributed by atoms with Gasteiger partial charge in [-0.05, 0) is 6.92 Å². The number of halogens is 1. The van der Waals surface area contributed by atoms with Crippen LogP contribution in [0.25, 0.3) is 5.65 Å². The van der Waals surface area contributed by atoms with E-state index in [4.69, 9.17) is 20.3 Å². The smallest absolute Gasteiger partial charge is 0.387 e. The Morgan fingerprint density at radius 2 is 2.07 bits per heavy atom. The average molecular weight is 443 g/mol. The van der Waals surface area contributed by atoms with Crippen molar-refractivity contribution >= 4 is 27.1 Å². The third kappa shape index (κ3) is 4.08. The Labute approximate surface area is 155 Å². The second-order valence-electron chi connectivity index (χ2n) is 6.05. The summed E-state index contributed by atoms with van der Waals surface area (Å²) in [5.74, 6) is 0.0241. The van der Waals surface area contributed by atoms with Crippen molar-refractivity contribution in [1.29, 1.82) is 0 Å². The lowest BCUT2D eigenvalue weighted by Crippen LogP contribution is -2.39. The van der Waals surface area contributed by atoms with Gasteiger partial charge in [0.2, 0.25) is 0 Å². The molecule has 1 aliphatic heterocycles. The average Bonchev–Trinajstić information content (AvgIpc) is 3.05. The summed E-state index contributed by atoms with van der Waals surface area (Å²) in [7, 11) is -10.5. The number of imidazole rings is 1. The second kappa shape index (κ2) is 7.06. The number of fused-ring (bicyclic) bond motifs is 1. The molecule has 0 aromatic carbocycles. The van der Waals surface area contributed by atoms with Crippen LogP contribution >= 0.6 is 15.6 Å². The monoisotopic (exact) mass is 443 g/mol. The number of nitrogen functional groups attached to an aromatic ring is 1. The summed E-state index contributed by atoms with van der Waals surface area (Å²) in [6, 6.07) is 0. The van der Waals surface area contributed by atoms with Crippen LogP contribution in [0.2, 0.25) is 0 Å². The molecule has 6 N–H and O–H groups in total. The maximum atomic E-state index is 15.2. The number of nitrogens with two attached hydrogens (primary N) is 1. The lowest BCUT2D eigenvalue weighted by atomic mass is 9.93. The number of aromatic nitrogens is 4. The third-order valence-electron chi connectivity index (χ3n) is 3.99. The second-order valence-corrected chi connectivity index (χ2v) is 8.88. The first-order chi connectivity index (χ1) is 12.8. The molecular formula is C11H16FN5O9P2. The fraction of sp³-hybridized carbons (Fsp3) is 0.545. The Morgan fingerprint density at radius 3 is 2.71 bits per heavy atom. The zero-order chi connectivity index (χ0) is 20.9. The zero-order valence-corrected chi connectivity index (χ0v) is 15.9. The van der Waals surface area contributed by atoms with Crippen molar-refractivity contribution < 1.29 is 46.9 Å². The zero-order valence-electron chi connectivity index (χ0n) is 14.1. The summed E-state index contributed by atoms with van der Waals surface area (Å²) in [4.78, 5) is 34.1. The molecule has 28 heavy (non-hydrogen) atoms. The summed E-state index contributed by atoms with van der Waals surface area (Å²) < 4.78 is 51.9. The van der Waals surface area contributed by atoms with Gasteiger partial charge in [-0.2, -0.15) is 9.41 Å². The highest BCUT2D eigenvalue weighted by Gasteiger charge is 2.56. The minimum Gasteiger partial charge on any atom is -0.387 e. The molecule has 0 spiro atoms. The minimum absolute atomic E-state index is 0.0241. The van der Waals surface area contributed by atoms with E-state index < -0.39 is 46.2 Å². The molecule has 0 amide bonds. The highest BCUT2D eigenvalue weighted by Crippen LogP contribution is 2.58. The Bertz CT molecular complexity index is 981. The molecule has 156 valence electrons. The molecule has 2 aromatic heterocycles. The lowest BCUT2D eigenvalue weighted by Gasteiger charge is -2.23. The Hall–Kier alpha value is -1.54. The highest BCUT2D eigenvalue weighted by atomic mass is 31.3. The summed E-state index contributed by atoms with van der Waals surface area (Å²) in [6.07, 6.45) is -2.42. The first-order valence-corrected chi connectivity index (χ1v) is 10.5. The van der Waals surface area contributed by atoms with Crippen molar-refractivity contribution in [1.82, 2.24) is 19.6 Å². The van der Waals surface area contributed by atoms with Crippen molar-refractivity contribution in [2.45, 2.75) is 30.9 Å². The first kappa shape index (κ1) is 21.2. The van der Waals surface area contributed by atoms with E-state index in [1.807, 2.05) is 0 Å². The van der Waals surface area contributed by atoms with Crippen molar-refractivity contribution in [2.75, 3.05) is 12.3 Å². The number of hydrogen-bond acceptors (Lipinski definition) is 10. The van der Waals surface area contributed by atoms with Gasteiger partial charge in [0.05, 0.1) is 18.5 Å². The van der Waals surface area contributed by atoms with E-state index in [1.165, 1.54) is 6.20 Å². The number of anilines is 1. The number of phosphoric ester groups is 1. The van der Waals surface area contributed by atoms with Crippen molar-refractivity contribution in [3.05, 3.63) is 18.2 Å². The largest absolute Gasteiger partial charge is 0.481 e. The van der Waals surface area contributed by atoms with Crippen LogP contribution in [0.15, 0.2) is 12.5 Å². The maximum Gasteiger partial charge on any atom is 0.481 e. The molecule has 2 aromatic rings. The number of phosphoric acid groups is 2. The van der Waals surface area contributed by atoms with E-state index >= 15 is 4.39 Å². The standard InChI is InChI=1S/C11H16FN5O9P2/c1-11(12)7(18)6(3-24-28(22,23)26-27(19,20)21)25-8(11)5-2-14-10-9(13)15-4-16-17(5)10/h2,4,6-8,18H,3H2,1H3,(H,22,23)(H2,13,15,16)(H2,19,20,21)/t6-,7-,8+,11-/m1/s1. The third-order valence-corrected chi connectivity index (χ3v) is 6.14. The highest BCUT2D eigenvalue weighted by molar-refractivity contribution is 7.60. The normalized spacial score (nSPS) is 30.6. The molecule has 5 atom stereocenters. The molecule has 1 aliphatic rings. The molecule has 1 saturated heterocycles. The molecule has 0 aliphatic carbocycles. The molecule has 1 unspecified atom stereocenters. The van der Waals surface area contributed by atoms with Crippen LogP contribution in [0.3, 0.4) is 0 Å². The Morgan fingerprint density at radius 1 is 1.39 bits per heavy atom. The maximum absolute atomic E-state index is 15.2. The number of aliphatic hydroxyl groups is 1. The fourth-order valence-corrected chi connectivity index (χ4v) is 4.35. The SMILES string of the molecule is C[C@@]1(F)[C@H](O)[C@@H](COP(=O)(O)OP(=O)(O)O)O[C@H]1c1cnc2c(N)ncnn12. The lowest BCUT2D eigenvalue weighted by molar-refractivity contribution is -0.0243. The molecular weight excluding hydrogens is 427 g/mol. The van der Waals surface area contributed by atoms with Gasteiger partial charge in [0.1, 0.15) is 24.6 Å². The van der Waals surface area contributed by atoms with Gasteiger partial charge < -0.3 is 30.3 Å². The van der Waals surface area contributed by atoms with Gasteiger partial charge in [0.15, 0.2) is 17.1 Å². The van der Waals surface area contributed by atoms with Gasteiger partial charge in [-0.1, -0.05) is 0 Å². The predicted octanol–water partition coefficient (Wildman–Crippen LogP) is -0.538. The summed E-state index contributed by atoms with van der Waals surface area (Å²) >= 11 is 0. The molecule has 3 heterocycles. The first-order valence-electron chi connectivity index (χ1n) is 7.52. The predicted molar refractivity (Wildman–Crippen MR) is 87.2 cm³/mol. The van der Waals surface area contributed by atoms with Gasteiger partial charge >= 0.3 is 15.6 Å². The van der Waals surface area contributed by atoms with Gasteiger partial charge in [0, 0.05) is 0 Å². The Balaban J connectivity index is 1.81. The van der Waals surface area contributed by atoms with E-state index in [1.54, 1.807) is 0 Å². The van der Waals surface area contributed by atoms with Crippen LogP contribution in [0.5, 0.6) is 0 Å². The number of hydrogen-bond donors (Lipinski definition) is 5. The van der Waals surface area contributed by atoms with Gasteiger partial charge in [-0.25, -0.2) is 28.0 Å². The van der Waals surface area contributed by atoms with Gasteiger partial charge in [-0.15, -0.1) is 0 Å². The van der Waals surface area contributed by atoms with E-state index in [0.717, 1.165) is 17.8 Å². The molecule has 17 heteroatoms. The molecule has 1 fully saturated rings. The van der Waals surface area contributed by atoms with Gasteiger partial charge in [0.25, 0.3) is 0 Å². The topological polar surface area (TPSA) is 212 Å². The molecule has 14 nitrogen and oxygen atoms in total. The van der Waals surface area contributed by atoms with Crippen LogP contribution in [-0.4, -0.2) is 63.9 Å². The number of aliphatic hydroxyl groups excluding tert-OH is 1. The summed E-state index contributed by atoms with van der Waals surface area (Å²) in [6.45, 7) is 0.121. The van der Waals surface area contributed by atoms with Crippen molar-refractivity contribution in [3.63, 3.8) is 0 Å². The Kier molecular flexibility index (Phi) is 5.34. The van der Waals surface area contributed by atoms with Gasteiger partial charge in [-0.3, -0.25) is 4.52 Å². The molecule has 0 radical (unpaired) electrons. The van der Waals surface area contributed by atoms with E-state index in [2.05, 4.69) is 23.9 Å². The minimum atomic E-state index is -5.33. The van der Waals surface area contributed by atoms with E-state index in [0.29, 0.717) is 0 Å². The number of alkyl halides is 1. The van der Waals surface area contributed by atoms with E-state index in [9.17, 15) is 19.1 Å². The van der Waals surface area contributed by atoms with Crippen LogP contribution in [0, 0.1) is 0 Å². The molecule has 3 rings (SSSR count). The molecule has 0 saturated carbocycles. The van der Waals surface area contributed by atoms with Crippen molar-refractivity contribution in [2.24, 2.45) is 0 Å². The summed E-state index contributed by atoms with van der Waals surface area (Å²) in [5.41, 5.74) is 3.46.